The topological polar surface area (TPSA) is 54.5 Å². The van der Waals surface area contributed by atoms with Gasteiger partial charge in [-0.2, -0.15) is 0 Å². The number of nitrogens with one attached hydrogen (secondary N) is 1. The average Bonchev–Trinajstić information content (AvgIpc) is 2.78. The van der Waals surface area contributed by atoms with Crippen molar-refractivity contribution < 1.29 is 9.53 Å². The second-order valence-corrected chi connectivity index (χ2v) is 7.04. The molecule has 3 aromatic rings. The molecule has 5 heteroatoms. The monoisotopic (exact) mass is 389 g/mol. The quantitative estimate of drug-likeness (QED) is 0.646. The standard InChI is InChI=1S/C24H27N3O2/c1-17(14-19-8-5-6-11-22(19)29-4)27(3)24(28)20-10-7-9-18(15-20)21-12-13-23(25-2)26-16-21/h5-13,15-17H,14H2,1-4H3,(H,25,26)/t17-/m0/s1. The smallest absolute Gasteiger partial charge is 0.253 e. The molecule has 150 valence electrons. The number of amides is 1. The van der Waals surface area contributed by atoms with E-state index in [1.54, 1.807) is 12.0 Å². The Morgan fingerprint density at radius 3 is 2.59 bits per heavy atom. The lowest BCUT2D eigenvalue weighted by molar-refractivity contribution is 0.0743. The van der Waals surface area contributed by atoms with Crippen molar-refractivity contribution in [2.75, 3.05) is 26.5 Å². The van der Waals surface area contributed by atoms with Crippen LogP contribution < -0.4 is 10.1 Å². The van der Waals surface area contributed by atoms with Gasteiger partial charge in [0, 0.05) is 37.5 Å². The molecule has 1 amide bonds. The maximum absolute atomic E-state index is 13.1. The second kappa shape index (κ2) is 9.24. The Balaban J connectivity index is 1.76. The normalized spacial score (nSPS) is 11.6. The zero-order chi connectivity index (χ0) is 20.8. The summed E-state index contributed by atoms with van der Waals surface area (Å²) in [7, 11) is 5.35. The van der Waals surface area contributed by atoms with E-state index >= 15 is 0 Å². The molecule has 3 rings (SSSR count). The van der Waals surface area contributed by atoms with Crippen LogP contribution in [0.3, 0.4) is 0 Å². The Kier molecular flexibility index (Phi) is 6.50. The third-order valence-corrected chi connectivity index (χ3v) is 5.15. The van der Waals surface area contributed by atoms with Gasteiger partial charge in [-0.25, -0.2) is 4.98 Å². The lowest BCUT2D eigenvalue weighted by Gasteiger charge is -2.26. The minimum atomic E-state index is -0.00551. The van der Waals surface area contributed by atoms with Crippen molar-refractivity contribution in [3.63, 3.8) is 0 Å². The zero-order valence-electron chi connectivity index (χ0n) is 17.3. The minimum absolute atomic E-state index is 0.00551. The van der Waals surface area contributed by atoms with Gasteiger partial charge in [0.05, 0.1) is 7.11 Å². The van der Waals surface area contributed by atoms with Gasteiger partial charge in [-0.05, 0) is 54.8 Å². The van der Waals surface area contributed by atoms with Crippen molar-refractivity contribution >= 4 is 11.7 Å². The number of para-hydroxylation sites is 1. The molecule has 1 atom stereocenters. The minimum Gasteiger partial charge on any atom is -0.496 e. The number of likely N-dealkylation sites (N-methyl/N-ethyl adjacent to an activating group) is 1. The van der Waals surface area contributed by atoms with Gasteiger partial charge in [0.2, 0.25) is 0 Å². The summed E-state index contributed by atoms with van der Waals surface area (Å²) in [6.45, 7) is 2.05. The Morgan fingerprint density at radius 1 is 1.10 bits per heavy atom. The predicted molar refractivity (Wildman–Crippen MR) is 117 cm³/mol. The van der Waals surface area contributed by atoms with Gasteiger partial charge < -0.3 is 15.0 Å². The van der Waals surface area contributed by atoms with Crippen LogP contribution in [0, 0.1) is 0 Å². The molecular weight excluding hydrogens is 362 g/mol. The largest absolute Gasteiger partial charge is 0.496 e. The number of nitrogens with zero attached hydrogens (tertiary/aromatic N) is 2. The molecule has 2 aromatic carbocycles. The van der Waals surface area contributed by atoms with Crippen molar-refractivity contribution in [2.24, 2.45) is 0 Å². The molecule has 0 fully saturated rings. The number of carbonyl (C=O) groups excluding carboxylic acids is 1. The van der Waals surface area contributed by atoms with Crippen molar-refractivity contribution in [3.05, 3.63) is 78.0 Å². The summed E-state index contributed by atoms with van der Waals surface area (Å²) in [5.41, 5.74) is 3.70. The number of hydrogen-bond acceptors (Lipinski definition) is 4. The second-order valence-electron chi connectivity index (χ2n) is 7.04. The van der Waals surface area contributed by atoms with E-state index in [0.717, 1.165) is 34.7 Å². The molecule has 1 heterocycles. The Labute approximate surface area is 172 Å². The summed E-state index contributed by atoms with van der Waals surface area (Å²) >= 11 is 0. The molecule has 0 radical (unpaired) electrons. The fourth-order valence-electron chi connectivity index (χ4n) is 3.27. The van der Waals surface area contributed by atoms with E-state index in [1.807, 2.05) is 81.0 Å². The van der Waals surface area contributed by atoms with Crippen LogP contribution in [-0.2, 0) is 6.42 Å². The van der Waals surface area contributed by atoms with Crippen molar-refractivity contribution in [3.8, 4) is 16.9 Å². The number of hydrogen-bond donors (Lipinski definition) is 1. The van der Waals surface area contributed by atoms with E-state index in [2.05, 4.69) is 17.2 Å². The summed E-state index contributed by atoms with van der Waals surface area (Å²) in [6.07, 6.45) is 2.53. The van der Waals surface area contributed by atoms with E-state index in [-0.39, 0.29) is 11.9 Å². The highest BCUT2D eigenvalue weighted by Gasteiger charge is 2.19. The lowest BCUT2D eigenvalue weighted by Crippen LogP contribution is -2.36. The molecule has 0 aliphatic carbocycles. The molecule has 0 saturated carbocycles. The van der Waals surface area contributed by atoms with Crippen LogP contribution in [-0.4, -0.2) is 43.0 Å². The van der Waals surface area contributed by atoms with E-state index in [9.17, 15) is 4.79 Å². The number of benzene rings is 2. The zero-order valence-corrected chi connectivity index (χ0v) is 17.3. The highest BCUT2D eigenvalue weighted by atomic mass is 16.5. The maximum Gasteiger partial charge on any atom is 0.253 e. The van der Waals surface area contributed by atoms with E-state index in [4.69, 9.17) is 4.74 Å². The molecule has 5 nitrogen and oxygen atoms in total. The van der Waals surface area contributed by atoms with Gasteiger partial charge in [0.1, 0.15) is 11.6 Å². The van der Waals surface area contributed by atoms with E-state index in [1.165, 1.54) is 0 Å². The molecule has 1 N–H and O–H groups in total. The van der Waals surface area contributed by atoms with Crippen LogP contribution in [0.2, 0.25) is 0 Å². The van der Waals surface area contributed by atoms with Gasteiger partial charge in [0.25, 0.3) is 5.91 Å². The molecule has 29 heavy (non-hydrogen) atoms. The number of anilines is 1. The molecule has 0 aliphatic heterocycles. The maximum atomic E-state index is 13.1. The van der Waals surface area contributed by atoms with Crippen LogP contribution in [0.1, 0.15) is 22.8 Å². The van der Waals surface area contributed by atoms with Crippen LogP contribution in [0.5, 0.6) is 5.75 Å². The first-order valence-corrected chi connectivity index (χ1v) is 9.66. The first kappa shape index (κ1) is 20.4. The van der Waals surface area contributed by atoms with Gasteiger partial charge >= 0.3 is 0 Å². The number of pyridine rings is 1. The van der Waals surface area contributed by atoms with Gasteiger partial charge in [0.15, 0.2) is 0 Å². The average molecular weight is 389 g/mol. The Morgan fingerprint density at radius 2 is 1.90 bits per heavy atom. The van der Waals surface area contributed by atoms with Gasteiger partial charge in [-0.15, -0.1) is 0 Å². The molecule has 1 aromatic heterocycles. The Hall–Kier alpha value is -3.34. The van der Waals surface area contributed by atoms with Gasteiger partial charge in [-0.3, -0.25) is 4.79 Å². The molecule has 0 saturated heterocycles. The number of methoxy groups -OCH3 is 1. The van der Waals surface area contributed by atoms with E-state index in [0.29, 0.717) is 5.56 Å². The van der Waals surface area contributed by atoms with Crippen molar-refractivity contribution in [1.82, 2.24) is 9.88 Å². The molecule has 0 bridgehead atoms. The molecule has 0 unspecified atom stereocenters. The van der Waals surface area contributed by atoms with Crippen LogP contribution in [0.25, 0.3) is 11.1 Å². The summed E-state index contributed by atoms with van der Waals surface area (Å²) in [5, 5.41) is 3.01. The number of rotatable bonds is 7. The molecule has 0 aliphatic rings. The fraction of sp³-hybridized carbons (Fsp3) is 0.250. The fourth-order valence-corrected chi connectivity index (χ4v) is 3.27. The number of carbonyl (C=O) groups is 1. The van der Waals surface area contributed by atoms with Crippen LogP contribution >= 0.6 is 0 Å². The van der Waals surface area contributed by atoms with Crippen molar-refractivity contribution in [1.29, 1.82) is 0 Å². The van der Waals surface area contributed by atoms with Crippen molar-refractivity contribution in [2.45, 2.75) is 19.4 Å². The highest BCUT2D eigenvalue weighted by Crippen LogP contribution is 2.23. The third kappa shape index (κ3) is 4.74. The summed E-state index contributed by atoms with van der Waals surface area (Å²) in [6, 6.07) is 19.5. The third-order valence-electron chi connectivity index (χ3n) is 5.15. The lowest BCUT2D eigenvalue weighted by atomic mass is 10.0. The highest BCUT2D eigenvalue weighted by molar-refractivity contribution is 5.95. The van der Waals surface area contributed by atoms with Gasteiger partial charge in [-0.1, -0.05) is 30.3 Å². The predicted octanol–water partition coefficient (Wildman–Crippen LogP) is 4.50. The van der Waals surface area contributed by atoms with Crippen LogP contribution in [0.4, 0.5) is 5.82 Å². The Bertz CT molecular complexity index is 970. The SMILES string of the molecule is CNc1ccc(-c2cccc(C(=O)N(C)[C@@H](C)Cc3ccccc3OC)c2)cn1. The number of aromatic nitrogens is 1. The molecular formula is C24H27N3O2. The summed E-state index contributed by atoms with van der Waals surface area (Å²) < 4.78 is 5.44. The summed E-state index contributed by atoms with van der Waals surface area (Å²) in [5.74, 6) is 1.65. The van der Waals surface area contributed by atoms with Crippen LogP contribution in [0.15, 0.2) is 66.9 Å². The first-order chi connectivity index (χ1) is 14.0. The summed E-state index contributed by atoms with van der Waals surface area (Å²) in [4.78, 5) is 19.2. The molecule has 0 spiro atoms. The first-order valence-electron chi connectivity index (χ1n) is 9.66. The van der Waals surface area contributed by atoms with E-state index < -0.39 is 0 Å². The number of ether oxygens (including phenoxy) is 1.